The predicted molar refractivity (Wildman–Crippen MR) is 162 cm³/mol. The minimum Gasteiger partial charge on any atom is -0.465 e. The first-order valence-electron chi connectivity index (χ1n) is 13.0. The lowest BCUT2D eigenvalue weighted by Gasteiger charge is -2.13. The molecule has 12 heteroatoms. The fraction of sp³-hybridized carbons (Fsp3) is 0.233. The molecule has 1 unspecified atom stereocenters. The highest BCUT2D eigenvalue weighted by Gasteiger charge is 2.32. The summed E-state index contributed by atoms with van der Waals surface area (Å²) in [6.07, 6.45) is -1.24. The number of nitrogens with one attached hydrogen (secondary N) is 2. The molecular formula is C30H27ClN6O4S. The Morgan fingerprint density at radius 1 is 1.10 bits per heavy atom. The fourth-order valence-corrected chi connectivity index (χ4v) is 5.94. The van der Waals surface area contributed by atoms with Crippen LogP contribution in [0.1, 0.15) is 51.2 Å². The van der Waals surface area contributed by atoms with Gasteiger partial charge in [0.05, 0.1) is 18.7 Å². The second-order valence-electron chi connectivity index (χ2n) is 9.69. The molecule has 5 rings (SSSR count). The average molecular weight is 603 g/mol. The minimum atomic E-state index is -1.27. The highest BCUT2D eigenvalue weighted by molar-refractivity contribution is 7.15. The molecule has 2 aromatic carbocycles. The Labute approximate surface area is 251 Å². The van der Waals surface area contributed by atoms with Crippen LogP contribution in [-0.2, 0) is 4.79 Å². The van der Waals surface area contributed by atoms with Crippen molar-refractivity contribution in [3.63, 3.8) is 0 Å². The maximum Gasteiger partial charge on any atom is 0.405 e. The number of aryl methyl sites for hydroxylation is 2. The van der Waals surface area contributed by atoms with E-state index in [9.17, 15) is 14.7 Å². The molecule has 10 nitrogen and oxygen atoms in total. The number of aromatic nitrogens is 3. The van der Waals surface area contributed by atoms with E-state index in [1.54, 1.807) is 35.6 Å². The molecule has 1 aliphatic heterocycles. The van der Waals surface area contributed by atoms with E-state index in [-0.39, 0.29) is 12.3 Å². The SMILES string of the molecule is Cc1sc2c(c1C)C(c1ccc(Cl)cc1)=N[C@@H](CC(=O)Nc1ccc(C#CC(CO)NC(=O)O)cc1)c1nnc(C)n1-2. The van der Waals surface area contributed by atoms with Crippen LogP contribution < -0.4 is 10.6 Å². The Morgan fingerprint density at radius 2 is 1.81 bits per heavy atom. The molecule has 4 N–H and O–H groups in total. The number of anilines is 1. The third-order valence-electron chi connectivity index (χ3n) is 6.78. The van der Waals surface area contributed by atoms with Crippen molar-refractivity contribution in [2.75, 3.05) is 11.9 Å². The molecule has 1 aliphatic rings. The minimum absolute atomic E-state index is 0.0305. The molecule has 0 spiro atoms. The number of hydrogen-bond acceptors (Lipinski definition) is 7. The quantitative estimate of drug-likeness (QED) is 0.233. The van der Waals surface area contributed by atoms with Gasteiger partial charge < -0.3 is 20.8 Å². The van der Waals surface area contributed by atoms with Crippen molar-refractivity contribution in [1.29, 1.82) is 0 Å². The van der Waals surface area contributed by atoms with E-state index in [2.05, 4.69) is 46.5 Å². The van der Waals surface area contributed by atoms with Gasteiger partial charge in [0.25, 0.3) is 0 Å². The number of aliphatic hydroxyl groups is 1. The van der Waals surface area contributed by atoms with E-state index in [1.807, 2.05) is 35.8 Å². The summed E-state index contributed by atoms with van der Waals surface area (Å²) in [5.41, 5.74) is 4.92. The predicted octanol–water partition coefficient (Wildman–Crippen LogP) is 4.81. The van der Waals surface area contributed by atoms with Gasteiger partial charge in [-0.05, 0) is 62.7 Å². The molecule has 3 heterocycles. The van der Waals surface area contributed by atoms with E-state index >= 15 is 0 Å². The highest BCUT2D eigenvalue weighted by Crippen LogP contribution is 2.39. The zero-order valence-corrected chi connectivity index (χ0v) is 24.5. The molecule has 0 aliphatic carbocycles. The number of nitrogens with zero attached hydrogens (tertiary/aromatic N) is 4. The van der Waals surface area contributed by atoms with Crippen LogP contribution in [0.5, 0.6) is 0 Å². The van der Waals surface area contributed by atoms with Crippen LogP contribution in [0, 0.1) is 32.6 Å². The second kappa shape index (κ2) is 12.2. The summed E-state index contributed by atoms with van der Waals surface area (Å²) >= 11 is 7.83. The number of carboxylic acid groups (broad SMARTS) is 1. The molecule has 2 aromatic heterocycles. The van der Waals surface area contributed by atoms with E-state index in [0.717, 1.165) is 32.3 Å². The van der Waals surface area contributed by atoms with Gasteiger partial charge >= 0.3 is 6.09 Å². The third-order valence-corrected chi connectivity index (χ3v) is 8.22. The van der Waals surface area contributed by atoms with Crippen LogP contribution in [0.3, 0.4) is 0 Å². The van der Waals surface area contributed by atoms with E-state index in [1.165, 1.54) is 0 Å². The number of halogens is 1. The molecule has 0 saturated carbocycles. The van der Waals surface area contributed by atoms with Gasteiger partial charge in [0.2, 0.25) is 5.91 Å². The molecule has 214 valence electrons. The number of fused-ring (bicyclic) bond motifs is 3. The molecule has 0 fully saturated rings. The van der Waals surface area contributed by atoms with Crippen molar-refractivity contribution >= 4 is 46.3 Å². The molecule has 0 saturated heterocycles. The number of thiophene rings is 1. The van der Waals surface area contributed by atoms with Crippen molar-refractivity contribution in [3.05, 3.63) is 92.3 Å². The topological polar surface area (TPSA) is 142 Å². The van der Waals surface area contributed by atoms with Crippen molar-refractivity contribution in [2.45, 2.75) is 39.3 Å². The fourth-order valence-electron chi connectivity index (χ4n) is 4.60. The lowest BCUT2D eigenvalue weighted by atomic mass is 9.99. The first-order chi connectivity index (χ1) is 20.1. The maximum atomic E-state index is 13.3. The van der Waals surface area contributed by atoms with Crippen LogP contribution >= 0.6 is 22.9 Å². The van der Waals surface area contributed by atoms with Crippen molar-refractivity contribution in [2.24, 2.45) is 4.99 Å². The van der Waals surface area contributed by atoms with Crippen LogP contribution in [0.15, 0.2) is 53.5 Å². The Hall–Kier alpha value is -4.50. The summed E-state index contributed by atoms with van der Waals surface area (Å²) in [6.45, 7) is 5.59. The Kier molecular flexibility index (Phi) is 8.40. The van der Waals surface area contributed by atoms with Crippen LogP contribution in [0.2, 0.25) is 5.02 Å². The van der Waals surface area contributed by atoms with Crippen LogP contribution in [-0.4, -0.2) is 55.3 Å². The van der Waals surface area contributed by atoms with Crippen molar-refractivity contribution in [1.82, 2.24) is 20.1 Å². The average Bonchev–Trinajstić information content (AvgIpc) is 3.44. The summed E-state index contributed by atoms with van der Waals surface area (Å²) < 4.78 is 2.00. The second-order valence-corrected chi connectivity index (χ2v) is 11.3. The highest BCUT2D eigenvalue weighted by atomic mass is 35.5. The standard InChI is InChI=1S/C30H27ClN6O4S/c1-16-17(2)42-29-26(16)27(20-7-9-21(31)10-8-20)34-24(28-36-35-18(3)37(28)29)14-25(39)32-22-11-4-19(5-12-22)6-13-23(15-38)33-30(40)41/h4-5,7-12,23-24,33,38H,14-15H2,1-3H3,(H,32,39)(H,40,41)/t23?,24-/m0/s1. The van der Waals surface area contributed by atoms with Crippen LogP contribution in [0.4, 0.5) is 10.5 Å². The molecule has 0 bridgehead atoms. The lowest BCUT2D eigenvalue weighted by Crippen LogP contribution is -2.35. The number of carbonyl (C=O) groups excluding carboxylic acids is 1. The molecule has 0 radical (unpaired) electrons. The number of rotatable bonds is 6. The normalized spacial score (nSPS) is 14.4. The third kappa shape index (κ3) is 6.06. The first-order valence-corrected chi connectivity index (χ1v) is 14.2. The summed E-state index contributed by atoms with van der Waals surface area (Å²) in [7, 11) is 0. The maximum absolute atomic E-state index is 13.3. The molecule has 42 heavy (non-hydrogen) atoms. The lowest BCUT2D eigenvalue weighted by molar-refractivity contribution is -0.116. The van der Waals surface area contributed by atoms with E-state index in [4.69, 9.17) is 21.7 Å². The molecular weight excluding hydrogens is 576 g/mol. The van der Waals surface area contributed by atoms with Gasteiger partial charge in [-0.3, -0.25) is 14.4 Å². The monoisotopic (exact) mass is 602 g/mol. The Morgan fingerprint density at radius 3 is 2.48 bits per heavy atom. The Balaban J connectivity index is 1.42. The zero-order chi connectivity index (χ0) is 30.0. The van der Waals surface area contributed by atoms with Gasteiger partial charge in [-0.25, -0.2) is 4.79 Å². The van der Waals surface area contributed by atoms with Gasteiger partial charge in [0, 0.05) is 32.3 Å². The number of carbonyl (C=O) groups is 2. The molecule has 4 aromatic rings. The zero-order valence-electron chi connectivity index (χ0n) is 23.0. The Bertz CT molecular complexity index is 1750. The number of aliphatic imine (C=N–C) groups is 1. The number of amides is 2. The molecule has 2 amide bonds. The van der Waals surface area contributed by atoms with Gasteiger partial charge in [-0.15, -0.1) is 21.5 Å². The largest absolute Gasteiger partial charge is 0.465 e. The van der Waals surface area contributed by atoms with Gasteiger partial charge in [-0.1, -0.05) is 35.6 Å². The van der Waals surface area contributed by atoms with Crippen molar-refractivity contribution < 1.29 is 19.8 Å². The number of aliphatic hydroxyl groups excluding tert-OH is 1. The van der Waals surface area contributed by atoms with E-state index in [0.29, 0.717) is 27.9 Å². The van der Waals surface area contributed by atoms with E-state index < -0.39 is 24.8 Å². The summed E-state index contributed by atoms with van der Waals surface area (Å²) in [6, 6.07) is 12.8. The van der Waals surface area contributed by atoms with Gasteiger partial charge in [0.1, 0.15) is 22.9 Å². The van der Waals surface area contributed by atoms with Gasteiger partial charge in [0.15, 0.2) is 5.82 Å². The molecule has 2 atom stereocenters. The summed E-state index contributed by atoms with van der Waals surface area (Å²) in [5, 5.41) is 33.5. The summed E-state index contributed by atoms with van der Waals surface area (Å²) in [4.78, 5) is 30.4. The number of hydrogen-bond donors (Lipinski definition) is 4. The first kappa shape index (κ1) is 29.0. The van der Waals surface area contributed by atoms with Crippen LogP contribution in [0.25, 0.3) is 5.00 Å². The van der Waals surface area contributed by atoms with Gasteiger partial charge in [-0.2, -0.15) is 0 Å². The summed E-state index contributed by atoms with van der Waals surface area (Å²) in [5.74, 6) is 6.53. The number of benzene rings is 2. The van der Waals surface area contributed by atoms with Crippen molar-refractivity contribution in [3.8, 4) is 16.8 Å². The smallest absolute Gasteiger partial charge is 0.405 e.